The van der Waals surface area contributed by atoms with Crippen LogP contribution in [0, 0.1) is 0 Å². The molecule has 1 aromatic heterocycles. The van der Waals surface area contributed by atoms with Gasteiger partial charge in [-0.15, -0.1) is 0 Å². The predicted molar refractivity (Wildman–Crippen MR) is 195 cm³/mol. The minimum Gasteiger partial charge on any atom is -0.456 e. The number of rotatable bonds is 2. The molecule has 9 aromatic rings. The van der Waals surface area contributed by atoms with Gasteiger partial charge in [0.15, 0.2) is 0 Å². The van der Waals surface area contributed by atoms with E-state index in [4.69, 9.17) is 4.42 Å². The molecular weight excluding hydrogens is 556 g/mol. The Morgan fingerprint density at radius 2 is 0.978 bits per heavy atom. The van der Waals surface area contributed by atoms with Gasteiger partial charge in [-0.1, -0.05) is 129 Å². The van der Waals surface area contributed by atoms with Crippen LogP contribution < -0.4 is 0 Å². The number of fused-ring (bicyclic) bond motifs is 9. The van der Waals surface area contributed by atoms with Gasteiger partial charge in [0.05, 0.1) is 0 Å². The maximum Gasteiger partial charge on any atom is 0.135 e. The van der Waals surface area contributed by atoms with Crippen LogP contribution in [-0.4, -0.2) is 0 Å². The normalized spacial score (nSPS) is 13.6. The van der Waals surface area contributed by atoms with Crippen molar-refractivity contribution in [2.24, 2.45) is 0 Å². The van der Waals surface area contributed by atoms with E-state index in [0.29, 0.717) is 0 Å². The lowest BCUT2D eigenvalue weighted by molar-refractivity contribution is 0.661. The van der Waals surface area contributed by atoms with Crippen molar-refractivity contribution in [1.82, 2.24) is 0 Å². The van der Waals surface area contributed by atoms with Crippen LogP contribution in [-0.2, 0) is 5.41 Å². The number of benzene rings is 8. The molecule has 0 N–H and O–H groups in total. The Balaban J connectivity index is 1.31. The lowest BCUT2D eigenvalue weighted by Crippen LogP contribution is -2.14. The monoisotopic (exact) mass is 586 g/mol. The fourth-order valence-electron chi connectivity index (χ4n) is 8.29. The molecule has 10 rings (SSSR count). The summed E-state index contributed by atoms with van der Waals surface area (Å²) < 4.78 is 6.21. The first-order chi connectivity index (χ1) is 22.6. The number of hydrogen-bond donors (Lipinski definition) is 0. The quantitative estimate of drug-likeness (QED) is 0.184. The van der Waals surface area contributed by atoms with Crippen molar-refractivity contribution in [3.63, 3.8) is 0 Å². The molecule has 1 heteroatoms. The Bertz CT molecular complexity index is 2660. The zero-order valence-corrected chi connectivity index (χ0v) is 25.8. The highest BCUT2D eigenvalue weighted by Gasteiger charge is 2.37. The molecule has 0 saturated carbocycles. The molecule has 1 nitrogen and oxygen atoms in total. The highest BCUT2D eigenvalue weighted by Crippen LogP contribution is 2.55. The van der Waals surface area contributed by atoms with Crippen LogP contribution in [0.4, 0.5) is 0 Å². The van der Waals surface area contributed by atoms with E-state index in [-0.39, 0.29) is 5.41 Å². The van der Waals surface area contributed by atoms with Crippen molar-refractivity contribution in [2.45, 2.75) is 19.3 Å². The second-order valence-corrected chi connectivity index (χ2v) is 13.2. The summed E-state index contributed by atoms with van der Waals surface area (Å²) in [5, 5.41) is 9.95. The van der Waals surface area contributed by atoms with Crippen LogP contribution in [0.2, 0.25) is 0 Å². The summed E-state index contributed by atoms with van der Waals surface area (Å²) in [6, 6.07) is 53.5. The van der Waals surface area contributed by atoms with E-state index < -0.39 is 0 Å². The molecule has 0 fully saturated rings. The fraction of sp³-hybridized carbons (Fsp3) is 0.0667. The molecule has 0 unspecified atom stereocenters. The molecule has 0 atom stereocenters. The fourth-order valence-corrected chi connectivity index (χ4v) is 8.29. The number of furan rings is 1. The van der Waals surface area contributed by atoms with Gasteiger partial charge < -0.3 is 4.42 Å². The summed E-state index contributed by atoms with van der Waals surface area (Å²) in [5.74, 6) is 0. The van der Waals surface area contributed by atoms with Gasteiger partial charge in [0.1, 0.15) is 11.2 Å². The molecule has 1 heterocycles. The zero-order valence-electron chi connectivity index (χ0n) is 25.8. The molecule has 8 aromatic carbocycles. The van der Waals surface area contributed by atoms with Gasteiger partial charge >= 0.3 is 0 Å². The van der Waals surface area contributed by atoms with Crippen molar-refractivity contribution in [3.05, 3.63) is 157 Å². The van der Waals surface area contributed by atoms with Crippen molar-refractivity contribution in [2.75, 3.05) is 0 Å². The Kier molecular flexibility index (Phi) is 5.12. The average molecular weight is 587 g/mol. The summed E-state index contributed by atoms with van der Waals surface area (Å²) in [5.41, 5.74) is 12.3. The maximum atomic E-state index is 6.21. The van der Waals surface area contributed by atoms with Crippen LogP contribution >= 0.6 is 0 Å². The first-order valence-electron chi connectivity index (χ1n) is 16.1. The number of para-hydroxylation sites is 1. The lowest BCUT2D eigenvalue weighted by atomic mass is 9.80. The average Bonchev–Trinajstić information content (AvgIpc) is 3.57. The van der Waals surface area contributed by atoms with Gasteiger partial charge in [-0.05, 0) is 107 Å². The molecular formula is C45H30O. The molecule has 0 radical (unpaired) electrons. The Hall–Kier alpha value is -5.66. The van der Waals surface area contributed by atoms with Crippen molar-refractivity contribution < 1.29 is 4.42 Å². The van der Waals surface area contributed by atoms with Gasteiger partial charge in [0.2, 0.25) is 0 Å². The molecule has 216 valence electrons. The maximum absolute atomic E-state index is 6.21. The molecule has 0 amide bonds. The van der Waals surface area contributed by atoms with E-state index in [1.807, 2.05) is 6.07 Å². The molecule has 1 aliphatic carbocycles. The van der Waals surface area contributed by atoms with E-state index in [1.54, 1.807) is 0 Å². The van der Waals surface area contributed by atoms with Crippen molar-refractivity contribution in [3.8, 4) is 33.4 Å². The molecule has 0 aliphatic heterocycles. The molecule has 46 heavy (non-hydrogen) atoms. The van der Waals surface area contributed by atoms with Crippen LogP contribution in [0.5, 0.6) is 0 Å². The van der Waals surface area contributed by atoms with Crippen LogP contribution in [0.15, 0.2) is 150 Å². The minimum absolute atomic E-state index is 0.0982. The summed E-state index contributed by atoms with van der Waals surface area (Å²) >= 11 is 0. The standard InChI is InChI=1S/C45H30O/c1-45(2)38-20-11-19-35(44(38)37-24-27-12-3-4-13-28(27)26-39(37)45)43-33-17-7-5-15-31(33)42(32-16-6-8-18-34(32)43)29-22-23-41-36(25-29)30-14-9-10-21-40(30)46-41/h3-26H,1-2H3. The summed E-state index contributed by atoms with van der Waals surface area (Å²) in [7, 11) is 0. The van der Waals surface area contributed by atoms with Crippen LogP contribution in [0.3, 0.4) is 0 Å². The highest BCUT2D eigenvalue weighted by molar-refractivity contribution is 6.23. The van der Waals surface area contributed by atoms with Gasteiger partial charge in [-0.3, -0.25) is 0 Å². The van der Waals surface area contributed by atoms with Gasteiger partial charge in [0.25, 0.3) is 0 Å². The largest absolute Gasteiger partial charge is 0.456 e. The SMILES string of the molecule is CC1(C)c2cc3ccccc3cc2-c2c(-c3c4ccccc4c(-c4ccc5oc6ccccc6c5c4)c4ccccc34)cccc21. The third-order valence-electron chi connectivity index (χ3n) is 10.4. The van der Waals surface area contributed by atoms with E-state index >= 15 is 0 Å². The minimum atomic E-state index is -0.0982. The number of hydrogen-bond acceptors (Lipinski definition) is 1. The predicted octanol–water partition coefficient (Wildman–Crippen LogP) is 12.7. The van der Waals surface area contributed by atoms with Gasteiger partial charge in [-0.2, -0.15) is 0 Å². The van der Waals surface area contributed by atoms with Gasteiger partial charge in [-0.25, -0.2) is 0 Å². The zero-order chi connectivity index (χ0) is 30.6. The van der Waals surface area contributed by atoms with Crippen LogP contribution in [0.1, 0.15) is 25.0 Å². The van der Waals surface area contributed by atoms with E-state index in [1.165, 1.54) is 76.8 Å². The molecule has 1 aliphatic rings. The van der Waals surface area contributed by atoms with Gasteiger partial charge in [0, 0.05) is 16.2 Å². The summed E-state index contributed by atoms with van der Waals surface area (Å²) in [4.78, 5) is 0. The van der Waals surface area contributed by atoms with E-state index in [2.05, 4.69) is 153 Å². The topological polar surface area (TPSA) is 13.1 Å². The van der Waals surface area contributed by atoms with Crippen molar-refractivity contribution in [1.29, 1.82) is 0 Å². The second kappa shape index (κ2) is 9.19. The Morgan fingerprint density at radius 3 is 1.70 bits per heavy atom. The third-order valence-corrected chi connectivity index (χ3v) is 10.4. The highest BCUT2D eigenvalue weighted by atomic mass is 16.3. The molecule has 0 saturated heterocycles. The molecule has 0 spiro atoms. The summed E-state index contributed by atoms with van der Waals surface area (Å²) in [6.45, 7) is 4.76. The van der Waals surface area contributed by atoms with E-state index in [9.17, 15) is 0 Å². The Morgan fingerprint density at radius 1 is 0.391 bits per heavy atom. The third kappa shape index (κ3) is 3.40. The molecule has 0 bridgehead atoms. The summed E-state index contributed by atoms with van der Waals surface area (Å²) in [6.07, 6.45) is 0. The second-order valence-electron chi connectivity index (χ2n) is 13.2. The lowest BCUT2D eigenvalue weighted by Gasteiger charge is -2.23. The van der Waals surface area contributed by atoms with Crippen molar-refractivity contribution >= 4 is 54.3 Å². The van der Waals surface area contributed by atoms with E-state index in [0.717, 1.165) is 21.9 Å². The Labute approximate surface area is 267 Å². The van der Waals surface area contributed by atoms with Crippen LogP contribution in [0.25, 0.3) is 87.6 Å². The smallest absolute Gasteiger partial charge is 0.135 e. The first-order valence-corrected chi connectivity index (χ1v) is 16.1. The first kappa shape index (κ1) is 25.6.